The Hall–Kier alpha value is -0.155. The quantitative estimate of drug-likeness (QED) is 0.625. The molecule has 0 N–H and O–H groups in total. The molecule has 0 unspecified atom stereocenters. The van der Waals surface area contributed by atoms with Gasteiger partial charge in [0.25, 0.3) is 0 Å². The molecular weight excluding hydrogens is 177 g/mol. The van der Waals surface area contributed by atoms with E-state index in [1.54, 1.807) is 0 Å². The maximum absolute atomic E-state index is 12.0. The molecule has 13 heavy (non-hydrogen) atoms. The molecule has 0 radical (unpaired) electrons. The van der Waals surface area contributed by atoms with Gasteiger partial charge in [-0.05, 0) is 27.7 Å². The fourth-order valence-electron chi connectivity index (χ4n) is 1.21. The van der Waals surface area contributed by atoms with Crippen LogP contribution < -0.4 is 0 Å². The van der Waals surface area contributed by atoms with E-state index in [2.05, 4.69) is 0 Å². The van der Waals surface area contributed by atoms with Crippen LogP contribution in [0.1, 0.15) is 27.7 Å². The lowest BCUT2D eigenvalue weighted by atomic mass is 9.85. The first-order valence-corrected chi connectivity index (χ1v) is 4.38. The largest absolute Gasteiger partial charge is 0.463 e. The van der Waals surface area contributed by atoms with Crippen molar-refractivity contribution in [1.82, 2.24) is 0 Å². The Labute approximate surface area is 77.7 Å². The van der Waals surface area contributed by atoms with Gasteiger partial charge < -0.3 is 9.31 Å². The standard InChI is InChI=1S/C8H15BF2O2/c1-7(2)8(3,4)13-9(12-7)5-6(10)11/h6H,5H2,1-4H3. The lowest BCUT2D eigenvalue weighted by Crippen LogP contribution is -2.41. The first-order chi connectivity index (χ1) is 5.74. The Bertz CT molecular complexity index is 179. The third-order valence-corrected chi connectivity index (χ3v) is 2.67. The number of halogens is 2. The van der Waals surface area contributed by atoms with Crippen LogP contribution in [0.25, 0.3) is 0 Å². The van der Waals surface area contributed by atoms with Gasteiger partial charge in [0.2, 0.25) is 6.43 Å². The maximum atomic E-state index is 12.0. The second kappa shape index (κ2) is 3.21. The van der Waals surface area contributed by atoms with E-state index in [1.807, 2.05) is 27.7 Å². The average molecular weight is 192 g/mol. The van der Waals surface area contributed by atoms with E-state index in [9.17, 15) is 8.78 Å². The third-order valence-electron chi connectivity index (χ3n) is 2.67. The highest BCUT2D eigenvalue weighted by Gasteiger charge is 2.51. The molecule has 0 saturated carbocycles. The smallest absolute Gasteiger partial charge is 0.403 e. The Balaban J connectivity index is 2.60. The fraction of sp³-hybridized carbons (Fsp3) is 1.00. The van der Waals surface area contributed by atoms with Crippen LogP contribution in [-0.4, -0.2) is 24.7 Å². The van der Waals surface area contributed by atoms with Gasteiger partial charge in [-0.3, -0.25) is 0 Å². The van der Waals surface area contributed by atoms with Crippen LogP contribution in [0.5, 0.6) is 0 Å². The van der Waals surface area contributed by atoms with Crippen LogP contribution in [0.4, 0.5) is 8.78 Å². The highest BCUT2D eigenvalue weighted by molar-refractivity contribution is 6.45. The van der Waals surface area contributed by atoms with E-state index in [4.69, 9.17) is 9.31 Å². The summed E-state index contributed by atoms with van der Waals surface area (Å²) in [6.07, 6.45) is -2.73. The first kappa shape index (κ1) is 10.9. The predicted octanol–water partition coefficient (Wildman–Crippen LogP) is 2.34. The highest BCUT2D eigenvalue weighted by atomic mass is 19.3. The average Bonchev–Trinajstić information content (AvgIpc) is 1.98. The summed E-state index contributed by atoms with van der Waals surface area (Å²) in [4.78, 5) is 0. The highest BCUT2D eigenvalue weighted by Crippen LogP contribution is 2.38. The molecule has 0 bridgehead atoms. The van der Waals surface area contributed by atoms with Crippen molar-refractivity contribution >= 4 is 7.12 Å². The zero-order chi connectivity index (χ0) is 10.3. The molecule has 2 nitrogen and oxygen atoms in total. The summed E-state index contributed by atoms with van der Waals surface area (Å²) in [5.41, 5.74) is -1.01. The summed E-state index contributed by atoms with van der Waals surface area (Å²) in [5, 5.41) is 0. The SMILES string of the molecule is CC1(C)OB(CC(F)F)OC1(C)C. The first-order valence-electron chi connectivity index (χ1n) is 4.38. The molecule has 0 aromatic rings. The zero-order valence-electron chi connectivity index (χ0n) is 8.43. The van der Waals surface area contributed by atoms with Crippen LogP contribution >= 0.6 is 0 Å². The van der Waals surface area contributed by atoms with Crippen molar-refractivity contribution in [3.63, 3.8) is 0 Å². The molecule has 0 atom stereocenters. The molecule has 0 aromatic heterocycles. The van der Waals surface area contributed by atoms with Gasteiger partial charge in [0.05, 0.1) is 11.2 Å². The van der Waals surface area contributed by atoms with Crippen molar-refractivity contribution in [3.8, 4) is 0 Å². The van der Waals surface area contributed by atoms with Gasteiger partial charge in [-0.2, -0.15) is 0 Å². The van der Waals surface area contributed by atoms with Crippen LogP contribution in [0.15, 0.2) is 0 Å². The van der Waals surface area contributed by atoms with Crippen LogP contribution in [0.3, 0.4) is 0 Å². The van der Waals surface area contributed by atoms with Gasteiger partial charge in [-0.1, -0.05) is 0 Å². The second-order valence-corrected chi connectivity index (χ2v) is 4.31. The van der Waals surface area contributed by atoms with Crippen LogP contribution in [0.2, 0.25) is 6.32 Å². The normalized spacial score (nSPS) is 25.6. The molecule has 1 heterocycles. The van der Waals surface area contributed by atoms with E-state index in [-0.39, 0.29) is 6.32 Å². The Morgan fingerprint density at radius 3 is 1.77 bits per heavy atom. The van der Waals surface area contributed by atoms with E-state index in [1.165, 1.54) is 0 Å². The van der Waals surface area contributed by atoms with Crippen molar-refractivity contribution < 1.29 is 18.1 Å². The summed E-state index contributed by atoms with van der Waals surface area (Å²) >= 11 is 0. The summed E-state index contributed by atoms with van der Waals surface area (Å²) in [6, 6.07) is 0. The van der Waals surface area contributed by atoms with Crippen molar-refractivity contribution in [2.24, 2.45) is 0 Å². The van der Waals surface area contributed by atoms with Gasteiger partial charge in [-0.25, -0.2) is 8.78 Å². The molecule has 1 rings (SSSR count). The van der Waals surface area contributed by atoms with E-state index < -0.39 is 24.7 Å². The van der Waals surface area contributed by atoms with E-state index in [0.29, 0.717) is 0 Å². The number of hydrogen-bond donors (Lipinski definition) is 0. The lowest BCUT2D eigenvalue weighted by molar-refractivity contribution is 0.00578. The fourth-order valence-corrected chi connectivity index (χ4v) is 1.21. The van der Waals surface area contributed by atoms with Crippen molar-refractivity contribution in [3.05, 3.63) is 0 Å². The third kappa shape index (κ3) is 2.20. The van der Waals surface area contributed by atoms with E-state index >= 15 is 0 Å². The Morgan fingerprint density at radius 2 is 1.46 bits per heavy atom. The molecular formula is C8H15BF2O2. The molecule has 0 amide bonds. The van der Waals surface area contributed by atoms with Crippen LogP contribution in [-0.2, 0) is 9.31 Å². The molecule has 1 saturated heterocycles. The maximum Gasteiger partial charge on any atom is 0.463 e. The molecule has 1 aliphatic heterocycles. The molecule has 1 fully saturated rings. The van der Waals surface area contributed by atoms with Crippen molar-refractivity contribution in [1.29, 1.82) is 0 Å². The predicted molar refractivity (Wildman–Crippen MR) is 46.9 cm³/mol. The number of hydrogen-bond acceptors (Lipinski definition) is 2. The van der Waals surface area contributed by atoms with Gasteiger partial charge in [0, 0.05) is 6.32 Å². The minimum Gasteiger partial charge on any atom is -0.403 e. The summed E-state index contributed by atoms with van der Waals surface area (Å²) < 4.78 is 34.8. The topological polar surface area (TPSA) is 18.5 Å². The minimum absolute atomic E-state index is 0.354. The summed E-state index contributed by atoms with van der Waals surface area (Å²) in [5.74, 6) is 0. The molecule has 76 valence electrons. The van der Waals surface area contributed by atoms with Gasteiger partial charge in [0.1, 0.15) is 0 Å². The molecule has 0 aliphatic carbocycles. The van der Waals surface area contributed by atoms with Gasteiger partial charge >= 0.3 is 7.12 Å². The Kier molecular flexibility index (Phi) is 2.69. The molecule has 0 spiro atoms. The van der Waals surface area contributed by atoms with Gasteiger partial charge in [0.15, 0.2) is 0 Å². The van der Waals surface area contributed by atoms with Crippen molar-refractivity contribution in [2.45, 2.75) is 51.6 Å². The molecule has 1 aliphatic rings. The second-order valence-electron chi connectivity index (χ2n) is 4.31. The zero-order valence-corrected chi connectivity index (χ0v) is 8.43. The summed E-state index contributed by atoms with van der Waals surface area (Å²) in [6.45, 7) is 7.38. The molecule has 5 heteroatoms. The number of rotatable bonds is 2. The number of alkyl halides is 2. The Morgan fingerprint density at radius 1 is 1.08 bits per heavy atom. The summed E-state index contributed by atoms with van der Waals surface area (Å²) in [7, 11) is -0.773. The van der Waals surface area contributed by atoms with Crippen molar-refractivity contribution in [2.75, 3.05) is 0 Å². The minimum atomic E-state index is -2.38. The van der Waals surface area contributed by atoms with E-state index in [0.717, 1.165) is 0 Å². The van der Waals surface area contributed by atoms with Crippen LogP contribution in [0, 0.1) is 0 Å². The van der Waals surface area contributed by atoms with Gasteiger partial charge in [-0.15, -0.1) is 0 Å². The molecule has 0 aromatic carbocycles. The monoisotopic (exact) mass is 192 g/mol. The lowest BCUT2D eigenvalue weighted by Gasteiger charge is -2.32.